The Morgan fingerprint density at radius 2 is 2.29 bits per heavy atom. The fraction of sp³-hybridized carbons (Fsp3) is 0.400. The summed E-state index contributed by atoms with van der Waals surface area (Å²) in [5, 5.41) is 10.8. The van der Waals surface area contributed by atoms with Crippen LogP contribution in [0.3, 0.4) is 0 Å². The maximum Gasteiger partial charge on any atom is 0.224 e. The lowest BCUT2D eigenvalue weighted by Gasteiger charge is -2.24. The highest BCUT2D eigenvalue weighted by Crippen LogP contribution is 2.18. The largest absolute Gasteiger partial charge is 0.381 e. The van der Waals surface area contributed by atoms with Gasteiger partial charge in [0.05, 0.1) is 5.56 Å². The summed E-state index contributed by atoms with van der Waals surface area (Å²) in [6.07, 6.45) is 6.45. The lowest BCUT2D eigenvalue weighted by Crippen LogP contribution is -2.28. The number of allylic oxidation sites excluding steroid dienone is 2. The van der Waals surface area contributed by atoms with E-state index < -0.39 is 0 Å². The quantitative estimate of drug-likeness (QED) is 0.512. The van der Waals surface area contributed by atoms with Crippen LogP contribution >= 0.6 is 11.6 Å². The molecule has 0 saturated carbocycles. The maximum atomic E-state index is 7.24. The Balaban J connectivity index is 2.22. The molecule has 0 amide bonds. The summed E-state index contributed by atoms with van der Waals surface area (Å²) in [5.74, 6) is 6.53. The minimum absolute atomic E-state index is 0.188. The molecule has 110 valence electrons. The average Bonchev–Trinajstić information content (AvgIpc) is 2.51. The van der Waals surface area contributed by atoms with E-state index in [2.05, 4.69) is 27.1 Å². The Bertz CT molecular complexity index is 597. The van der Waals surface area contributed by atoms with Crippen molar-refractivity contribution in [3.05, 3.63) is 28.7 Å². The highest BCUT2D eigenvalue weighted by Gasteiger charge is 2.15. The van der Waals surface area contributed by atoms with Crippen LogP contribution in [0.25, 0.3) is 0 Å². The molecule has 1 aromatic rings. The van der Waals surface area contributed by atoms with Crippen LogP contribution in [0.5, 0.6) is 0 Å². The fourth-order valence-electron chi connectivity index (χ4n) is 1.93. The number of hydrogen-bond acceptors (Lipinski definition) is 5. The van der Waals surface area contributed by atoms with E-state index >= 15 is 0 Å². The first kappa shape index (κ1) is 15.5. The molecule has 0 spiro atoms. The molecule has 1 saturated heterocycles. The third-order valence-electron chi connectivity index (χ3n) is 3.13. The van der Waals surface area contributed by atoms with Crippen molar-refractivity contribution >= 4 is 23.6 Å². The van der Waals surface area contributed by atoms with Gasteiger partial charge in [0.1, 0.15) is 5.82 Å². The van der Waals surface area contributed by atoms with Crippen LogP contribution in [0.1, 0.15) is 25.3 Å². The van der Waals surface area contributed by atoms with Gasteiger partial charge in [0, 0.05) is 37.2 Å². The minimum atomic E-state index is 0.188. The summed E-state index contributed by atoms with van der Waals surface area (Å²) in [6.45, 7) is 3.33. The first-order chi connectivity index (χ1) is 10.2. The number of rotatable bonds is 3. The third-order valence-corrected chi connectivity index (χ3v) is 3.31. The van der Waals surface area contributed by atoms with Crippen LogP contribution in [0.15, 0.2) is 17.8 Å². The molecular formula is C15H17ClN4O. The van der Waals surface area contributed by atoms with E-state index in [1.165, 1.54) is 6.21 Å². The summed E-state index contributed by atoms with van der Waals surface area (Å²) in [5.41, 5.74) is 1.31. The Morgan fingerprint density at radius 1 is 1.52 bits per heavy atom. The van der Waals surface area contributed by atoms with E-state index in [1.54, 1.807) is 12.3 Å². The molecule has 0 bridgehead atoms. The maximum absolute atomic E-state index is 7.24. The second kappa shape index (κ2) is 7.77. The van der Waals surface area contributed by atoms with E-state index in [0.717, 1.165) is 26.1 Å². The number of aromatic nitrogens is 2. The van der Waals surface area contributed by atoms with Gasteiger partial charge in [-0.25, -0.2) is 4.98 Å². The van der Waals surface area contributed by atoms with Crippen molar-refractivity contribution < 1.29 is 4.74 Å². The van der Waals surface area contributed by atoms with Gasteiger partial charge in [0.15, 0.2) is 0 Å². The van der Waals surface area contributed by atoms with Gasteiger partial charge in [-0.05, 0) is 31.4 Å². The van der Waals surface area contributed by atoms with Gasteiger partial charge >= 0.3 is 0 Å². The lowest BCUT2D eigenvalue weighted by molar-refractivity contribution is 0.0904. The smallest absolute Gasteiger partial charge is 0.224 e. The molecule has 1 aliphatic heterocycles. The van der Waals surface area contributed by atoms with E-state index in [9.17, 15) is 0 Å². The zero-order valence-electron chi connectivity index (χ0n) is 11.8. The van der Waals surface area contributed by atoms with Gasteiger partial charge < -0.3 is 15.5 Å². The summed E-state index contributed by atoms with van der Waals surface area (Å²) in [7, 11) is 0. The van der Waals surface area contributed by atoms with Crippen molar-refractivity contribution in [2.24, 2.45) is 0 Å². The van der Waals surface area contributed by atoms with Gasteiger partial charge in [-0.15, -0.1) is 0 Å². The van der Waals surface area contributed by atoms with Crippen LogP contribution in [0.4, 0.5) is 5.82 Å². The van der Waals surface area contributed by atoms with E-state index in [-0.39, 0.29) is 5.28 Å². The molecule has 0 aliphatic carbocycles. The number of nitrogens with zero attached hydrogens (tertiary/aromatic N) is 2. The topological polar surface area (TPSA) is 70.9 Å². The second-order valence-electron chi connectivity index (χ2n) is 4.57. The molecule has 1 aromatic heterocycles. The van der Waals surface area contributed by atoms with Crippen LogP contribution in [0.2, 0.25) is 5.28 Å². The van der Waals surface area contributed by atoms with Crippen molar-refractivity contribution in [2.75, 3.05) is 18.5 Å². The molecule has 2 heterocycles. The second-order valence-corrected chi connectivity index (χ2v) is 4.91. The van der Waals surface area contributed by atoms with Gasteiger partial charge in [-0.2, -0.15) is 4.98 Å². The van der Waals surface area contributed by atoms with Crippen molar-refractivity contribution in [1.29, 1.82) is 5.41 Å². The Hall–Kier alpha value is -1.90. The monoisotopic (exact) mass is 304 g/mol. The number of halogens is 1. The molecule has 0 aromatic carbocycles. The first-order valence-corrected chi connectivity index (χ1v) is 7.16. The van der Waals surface area contributed by atoms with Crippen molar-refractivity contribution in [3.63, 3.8) is 0 Å². The molecule has 5 nitrogen and oxygen atoms in total. The van der Waals surface area contributed by atoms with Crippen molar-refractivity contribution in [3.8, 4) is 11.8 Å². The average molecular weight is 305 g/mol. The summed E-state index contributed by atoms with van der Waals surface area (Å²) < 4.78 is 5.34. The predicted octanol–water partition coefficient (Wildman–Crippen LogP) is 2.67. The highest BCUT2D eigenvalue weighted by atomic mass is 35.5. The van der Waals surface area contributed by atoms with Gasteiger partial charge in [0.2, 0.25) is 5.28 Å². The minimum Gasteiger partial charge on any atom is -0.381 e. The van der Waals surface area contributed by atoms with Gasteiger partial charge in [-0.1, -0.05) is 17.9 Å². The molecule has 21 heavy (non-hydrogen) atoms. The lowest BCUT2D eigenvalue weighted by atomic mass is 10.1. The molecule has 2 N–H and O–H groups in total. The molecule has 0 unspecified atom stereocenters. The highest BCUT2D eigenvalue weighted by molar-refractivity contribution is 6.28. The number of hydrogen-bond donors (Lipinski definition) is 2. The Labute approximate surface area is 129 Å². The van der Waals surface area contributed by atoms with Crippen LogP contribution in [-0.2, 0) is 4.74 Å². The molecular weight excluding hydrogens is 288 g/mol. The normalized spacial score (nSPS) is 16.0. The molecule has 2 rings (SSSR count). The molecule has 0 atom stereocenters. The standard InChI is InChI=1S/C15H17ClN4O/c1-2-11(9-17)3-4-12-10-18-15(16)20-14(12)19-13-5-7-21-8-6-13/h2,9-10,13,17H,5-8H2,1H3,(H,18,19,20)/b11-2-,17-9?. The van der Waals surface area contributed by atoms with Gasteiger partial charge in [0.25, 0.3) is 0 Å². The zero-order valence-corrected chi connectivity index (χ0v) is 12.6. The predicted molar refractivity (Wildman–Crippen MR) is 83.9 cm³/mol. The summed E-state index contributed by atoms with van der Waals surface area (Å²) in [4.78, 5) is 8.19. The molecule has 6 heteroatoms. The van der Waals surface area contributed by atoms with Gasteiger partial charge in [-0.3, -0.25) is 0 Å². The number of ether oxygens (including phenoxy) is 1. The third kappa shape index (κ3) is 4.55. The van der Waals surface area contributed by atoms with Crippen LogP contribution in [0, 0.1) is 17.3 Å². The number of nitrogens with one attached hydrogen (secondary N) is 2. The van der Waals surface area contributed by atoms with E-state index in [0.29, 0.717) is 23.0 Å². The SMILES string of the molecule is C/C=C(/C#Cc1cnc(Cl)nc1NC1CCOCC1)C=N. The molecule has 1 aliphatic rings. The molecule has 1 fully saturated rings. The molecule has 0 radical (unpaired) electrons. The first-order valence-electron chi connectivity index (χ1n) is 6.78. The fourth-order valence-corrected chi connectivity index (χ4v) is 2.06. The Kier molecular flexibility index (Phi) is 5.73. The van der Waals surface area contributed by atoms with E-state index in [1.807, 2.05) is 6.92 Å². The number of anilines is 1. The zero-order chi connectivity index (χ0) is 15.1. The van der Waals surface area contributed by atoms with Crippen LogP contribution in [-0.4, -0.2) is 35.4 Å². The van der Waals surface area contributed by atoms with Crippen LogP contribution < -0.4 is 5.32 Å². The Morgan fingerprint density at radius 3 is 2.95 bits per heavy atom. The summed E-state index contributed by atoms with van der Waals surface area (Å²) in [6, 6.07) is 0.300. The van der Waals surface area contributed by atoms with E-state index in [4.69, 9.17) is 21.7 Å². The summed E-state index contributed by atoms with van der Waals surface area (Å²) >= 11 is 5.87. The van der Waals surface area contributed by atoms with Crippen molar-refractivity contribution in [2.45, 2.75) is 25.8 Å². The van der Waals surface area contributed by atoms with Crippen molar-refractivity contribution in [1.82, 2.24) is 9.97 Å².